The van der Waals surface area contributed by atoms with E-state index in [-0.39, 0.29) is 0 Å². The smallest absolute Gasteiger partial charge is 0.0897 e. The zero-order chi connectivity index (χ0) is 15.4. The number of methoxy groups -OCH3 is 1. The molecule has 4 nitrogen and oxygen atoms in total. The van der Waals surface area contributed by atoms with Crippen molar-refractivity contribution in [3.05, 3.63) is 35.9 Å². The molecule has 1 heterocycles. The highest BCUT2D eigenvalue weighted by Crippen LogP contribution is 2.37. The zero-order valence-electron chi connectivity index (χ0n) is 13.4. The predicted octanol–water partition coefficient (Wildman–Crippen LogP) is 1.49. The lowest BCUT2D eigenvalue weighted by Gasteiger charge is -2.39. The third kappa shape index (κ3) is 3.87. The van der Waals surface area contributed by atoms with E-state index in [0.29, 0.717) is 19.2 Å². The molecule has 2 fully saturated rings. The van der Waals surface area contributed by atoms with Crippen LogP contribution in [0.15, 0.2) is 30.3 Å². The van der Waals surface area contributed by atoms with Gasteiger partial charge in [0.2, 0.25) is 0 Å². The minimum atomic E-state index is -0.397. The zero-order valence-corrected chi connectivity index (χ0v) is 13.4. The van der Waals surface area contributed by atoms with Gasteiger partial charge in [-0.05, 0) is 30.2 Å². The third-order valence-corrected chi connectivity index (χ3v) is 5.11. The molecule has 0 aromatic heterocycles. The monoisotopic (exact) mass is 304 g/mol. The Morgan fingerprint density at radius 2 is 1.91 bits per heavy atom. The topological polar surface area (TPSA) is 44.7 Å². The number of fused-ring (bicyclic) bond motifs is 2. The summed E-state index contributed by atoms with van der Waals surface area (Å²) in [5, 5.41) is 13.4. The molecule has 122 valence electrons. The Labute approximate surface area is 133 Å². The molecule has 2 aliphatic rings. The maximum Gasteiger partial charge on any atom is 0.0897 e. The molecule has 0 radical (unpaired) electrons. The molecule has 1 aliphatic carbocycles. The van der Waals surface area contributed by atoms with Crippen LogP contribution in [0.4, 0.5) is 0 Å². The van der Waals surface area contributed by atoms with E-state index in [1.807, 2.05) is 0 Å². The fraction of sp³-hybridized carbons (Fsp3) is 0.667. The van der Waals surface area contributed by atoms with Crippen LogP contribution in [0.3, 0.4) is 0 Å². The van der Waals surface area contributed by atoms with E-state index in [4.69, 9.17) is 4.74 Å². The van der Waals surface area contributed by atoms with E-state index in [9.17, 15) is 5.11 Å². The number of rotatable bonds is 7. The molecule has 22 heavy (non-hydrogen) atoms. The SMILES string of the molecule is COCC(O)CNC1C2CCC1CN(Cc1ccccc1)C2. The van der Waals surface area contributed by atoms with Crippen LogP contribution in [0.5, 0.6) is 0 Å². The number of nitrogens with one attached hydrogen (secondary N) is 1. The van der Waals surface area contributed by atoms with Crippen molar-refractivity contribution in [2.24, 2.45) is 11.8 Å². The normalized spacial score (nSPS) is 29.6. The van der Waals surface area contributed by atoms with Crippen molar-refractivity contribution in [3.63, 3.8) is 0 Å². The largest absolute Gasteiger partial charge is 0.389 e. The summed E-state index contributed by atoms with van der Waals surface area (Å²) < 4.78 is 5.00. The van der Waals surface area contributed by atoms with Gasteiger partial charge in [0, 0.05) is 39.3 Å². The van der Waals surface area contributed by atoms with E-state index in [0.717, 1.165) is 18.4 Å². The van der Waals surface area contributed by atoms with Crippen LogP contribution in [0.2, 0.25) is 0 Å². The van der Waals surface area contributed by atoms with Gasteiger partial charge in [-0.2, -0.15) is 0 Å². The first kappa shape index (κ1) is 15.9. The van der Waals surface area contributed by atoms with E-state index < -0.39 is 6.10 Å². The molecule has 2 N–H and O–H groups in total. The van der Waals surface area contributed by atoms with Gasteiger partial charge in [0.05, 0.1) is 12.7 Å². The fourth-order valence-electron chi connectivity index (χ4n) is 4.15. The molecule has 3 unspecified atom stereocenters. The van der Waals surface area contributed by atoms with E-state index in [2.05, 4.69) is 40.5 Å². The van der Waals surface area contributed by atoms with Gasteiger partial charge in [0.25, 0.3) is 0 Å². The van der Waals surface area contributed by atoms with Gasteiger partial charge in [-0.25, -0.2) is 0 Å². The Morgan fingerprint density at radius 1 is 1.23 bits per heavy atom. The highest BCUT2D eigenvalue weighted by molar-refractivity contribution is 5.15. The highest BCUT2D eigenvalue weighted by Gasteiger charge is 2.41. The fourth-order valence-corrected chi connectivity index (χ4v) is 4.15. The van der Waals surface area contributed by atoms with Crippen LogP contribution in [-0.4, -0.2) is 55.5 Å². The lowest BCUT2D eigenvalue weighted by atomic mass is 9.91. The maximum absolute atomic E-state index is 9.82. The quantitative estimate of drug-likeness (QED) is 0.801. The number of hydrogen-bond donors (Lipinski definition) is 2. The molecule has 1 aliphatic heterocycles. The Balaban J connectivity index is 1.51. The molecular formula is C18H28N2O2. The van der Waals surface area contributed by atoms with Crippen molar-refractivity contribution in [2.75, 3.05) is 33.4 Å². The molecule has 1 saturated heterocycles. The lowest BCUT2D eigenvalue weighted by Crippen LogP contribution is -2.52. The Hall–Kier alpha value is -0.940. The van der Waals surface area contributed by atoms with Crippen LogP contribution >= 0.6 is 0 Å². The number of nitrogens with zero attached hydrogens (tertiary/aromatic N) is 1. The van der Waals surface area contributed by atoms with Gasteiger partial charge in [0.1, 0.15) is 0 Å². The van der Waals surface area contributed by atoms with Crippen LogP contribution in [-0.2, 0) is 11.3 Å². The molecule has 3 rings (SSSR count). The molecular weight excluding hydrogens is 276 g/mol. The van der Waals surface area contributed by atoms with Crippen LogP contribution in [0.1, 0.15) is 18.4 Å². The Bertz CT molecular complexity index is 440. The molecule has 1 saturated carbocycles. The second-order valence-corrected chi connectivity index (χ2v) is 6.82. The van der Waals surface area contributed by atoms with E-state index >= 15 is 0 Å². The average molecular weight is 304 g/mol. The highest BCUT2D eigenvalue weighted by atomic mass is 16.5. The van der Waals surface area contributed by atoms with E-state index in [1.165, 1.54) is 31.5 Å². The van der Waals surface area contributed by atoms with Crippen LogP contribution in [0, 0.1) is 11.8 Å². The summed E-state index contributed by atoms with van der Waals surface area (Å²) in [6.07, 6.45) is 2.23. The first-order valence-electron chi connectivity index (χ1n) is 8.43. The van der Waals surface area contributed by atoms with Crippen molar-refractivity contribution >= 4 is 0 Å². The summed E-state index contributed by atoms with van der Waals surface area (Å²) in [7, 11) is 1.63. The molecule has 1 aromatic carbocycles. The number of aliphatic hydroxyl groups excluding tert-OH is 1. The predicted molar refractivity (Wildman–Crippen MR) is 87.6 cm³/mol. The summed E-state index contributed by atoms with van der Waals surface area (Å²) in [5.74, 6) is 1.44. The van der Waals surface area contributed by atoms with Crippen molar-refractivity contribution < 1.29 is 9.84 Å². The number of hydrogen-bond acceptors (Lipinski definition) is 4. The van der Waals surface area contributed by atoms with Gasteiger partial charge in [0.15, 0.2) is 0 Å². The van der Waals surface area contributed by atoms with Gasteiger partial charge in [-0.15, -0.1) is 0 Å². The van der Waals surface area contributed by atoms with Crippen molar-refractivity contribution in [3.8, 4) is 0 Å². The van der Waals surface area contributed by atoms with Crippen molar-refractivity contribution in [2.45, 2.75) is 31.5 Å². The summed E-state index contributed by atoms with van der Waals surface area (Å²) in [5.41, 5.74) is 1.41. The van der Waals surface area contributed by atoms with Gasteiger partial charge < -0.3 is 15.2 Å². The molecule has 1 aromatic rings. The number of likely N-dealkylation sites (tertiary alicyclic amines) is 1. The minimum absolute atomic E-state index is 0.397. The minimum Gasteiger partial charge on any atom is -0.389 e. The lowest BCUT2D eigenvalue weighted by molar-refractivity contribution is 0.0537. The first-order chi connectivity index (χ1) is 10.8. The van der Waals surface area contributed by atoms with Crippen molar-refractivity contribution in [1.29, 1.82) is 0 Å². The molecule has 4 heteroatoms. The maximum atomic E-state index is 9.82. The van der Waals surface area contributed by atoms with Crippen molar-refractivity contribution in [1.82, 2.24) is 10.2 Å². The average Bonchev–Trinajstić information content (AvgIpc) is 2.76. The summed E-state index contributed by atoms with van der Waals surface area (Å²) in [6.45, 7) is 4.46. The molecule has 2 bridgehead atoms. The van der Waals surface area contributed by atoms with Gasteiger partial charge in [-0.1, -0.05) is 30.3 Å². The van der Waals surface area contributed by atoms with Crippen LogP contribution < -0.4 is 5.32 Å². The second-order valence-electron chi connectivity index (χ2n) is 6.82. The van der Waals surface area contributed by atoms with Gasteiger partial charge >= 0.3 is 0 Å². The number of aliphatic hydroxyl groups is 1. The Kier molecular flexibility index (Phi) is 5.47. The summed E-state index contributed by atoms with van der Waals surface area (Å²) >= 11 is 0. The number of ether oxygens (including phenoxy) is 1. The van der Waals surface area contributed by atoms with Crippen LogP contribution in [0.25, 0.3) is 0 Å². The standard InChI is InChI=1S/C18H28N2O2/c1-22-13-17(21)9-19-18-15-7-8-16(18)12-20(11-15)10-14-5-3-2-4-6-14/h2-6,15-19,21H,7-13H2,1H3. The molecule has 0 spiro atoms. The number of piperidine rings is 1. The molecule has 3 atom stereocenters. The Morgan fingerprint density at radius 3 is 2.55 bits per heavy atom. The third-order valence-electron chi connectivity index (χ3n) is 5.11. The van der Waals surface area contributed by atoms with Gasteiger partial charge in [-0.3, -0.25) is 4.90 Å². The summed E-state index contributed by atoms with van der Waals surface area (Å²) in [4.78, 5) is 2.60. The number of benzene rings is 1. The molecule has 0 amide bonds. The summed E-state index contributed by atoms with van der Waals surface area (Å²) in [6, 6.07) is 11.3. The first-order valence-corrected chi connectivity index (χ1v) is 8.43. The second kappa shape index (κ2) is 7.55. The van der Waals surface area contributed by atoms with E-state index in [1.54, 1.807) is 7.11 Å².